The Bertz CT molecular complexity index is 2050. The number of ketones is 3. The average Bonchev–Trinajstić information content (AvgIpc) is 3.53. The number of fused-ring (bicyclic) bond motifs is 7. The summed E-state index contributed by atoms with van der Waals surface area (Å²) in [4.78, 5) is 51.8. The zero-order valence-electron chi connectivity index (χ0n) is 24.6. The first-order valence-corrected chi connectivity index (χ1v) is 14.8. The van der Waals surface area contributed by atoms with Crippen molar-refractivity contribution in [1.29, 1.82) is 0 Å². The van der Waals surface area contributed by atoms with Gasteiger partial charge in [-0.15, -0.1) is 0 Å². The number of Topliss-reactive ketones (excluding diaryl/α,β-unsaturated/α-hetero) is 3. The van der Waals surface area contributed by atoms with Crippen LogP contribution in [-0.4, -0.2) is 48.6 Å². The first-order valence-electron chi connectivity index (χ1n) is 14.8. The Hall–Kier alpha value is -5.56. The Morgan fingerprint density at radius 2 is 1.56 bits per heavy atom. The van der Waals surface area contributed by atoms with Crippen molar-refractivity contribution in [3.8, 4) is 11.5 Å². The van der Waals surface area contributed by atoms with Crippen LogP contribution in [0.2, 0.25) is 0 Å². The zero-order valence-corrected chi connectivity index (χ0v) is 24.6. The molecule has 0 bridgehead atoms. The van der Waals surface area contributed by atoms with E-state index < -0.39 is 23.4 Å². The van der Waals surface area contributed by atoms with E-state index in [2.05, 4.69) is 0 Å². The van der Waals surface area contributed by atoms with Crippen molar-refractivity contribution in [2.75, 3.05) is 19.1 Å². The lowest BCUT2D eigenvalue weighted by Gasteiger charge is -2.37. The third-order valence-electron chi connectivity index (χ3n) is 9.63. The van der Waals surface area contributed by atoms with E-state index in [-0.39, 0.29) is 17.3 Å². The average molecular weight is 593 g/mol. The Balaban J connectivity index is 1.51. The quantitative estimate of drug-likeness (QED) is 0.169. The van der Waals surface area contributed by atoms with Gasteiger partial charge in [-0.3, -0.25) is 19.4 Å². The molecule has 1 aliphatic carbocycles. The predicted octanol–water partition coefficient (Wildman–Crippen LogP) is 6.57. The highest BCUT2D eigenvalue weighted by atomic mass is 16.5. The van der Waals surface area contributed by atoms with Crippen LogP contribution in [0, 0.1) is 5.41 Å². The highest BCUT2D eigenvalue weighted by molar-refractivity contribution is 6.32. The van der Waals surface area contributed by atoms with E-state index in [0.717, 1.165) is 16.6 Å². The van der Waals surface area contributed by atoms with Crippen molar-refractivity contribution in [2.45, 2.75) is 18.0 Å². The van der Waals surface area contributed by atoms with Crippen molar-refractivity contribution in [3.05, 3.63) is 137 Å². The van der Waals surface area contributed by atoms with E-state index in [1.54, 1.807) is 75.0 Å². The Kier molecular flexibility index (Phi) is 6.00. The van der Waals surface area contributed by atoms with Gasteiger partial charge in [-0.05, 0) is 29.8 Å². The second kappa shape index (κ2) is 9.99. The molecule has 3 aliphatic rings. The van der Waals surface area contributed by atoms with Crippen LogP contribution in [0.15, 0.2) is 109 Å². The SMILES string of the molecule is COc1ccc(OC)c(C2C(C(=O)c3ccccc3)N3c4c(ccc5cccnc45)C=CC3C23C(=O)c2ccccc2C3=O)c1. The summed E-state index contributed by atoms with van der Waals surface area (Å²) >= 11 is 0. The van der Waals surface area contributed by atoms with Crippen LogP contribution in [-0.2, 0) is 0 Å². The monoisotopic (exact) mass is 592 g/mol. The van der Waals surface area contributed by atoms with Crippen LogP contribution in [0.25, 0.3) is 17.0 Å². The highest BCUT2D eigenvalue weighted by Gasteiger charge is 2.72. The van der Waals surface area contributed by atoms with Crippen molar-refractivity contribution >= 4 is 40.0 Å². The number of methoxy groups -OCH3 is 2. The number of anilines is 1. The molecule has 3 heterocycles. The highest BCUT2D eigenvalue weighted by Crippen LogP contribution is 2.62. The fourth-order valence-electron chi connectivity index (χ4n) is 7.78. The van der Waals surface area contributed by atoms with Crippen LogP contribution < -0.4 is 14.4 Å². The van der Waals surface area contributed by atoms with Gasteiger partial charge in [0.2, 0.25) is 0 Å². The number of carbonyl (C=O) groups is 3. The molecule has 0 saturated carbocycles. The minimum Gasteiger partial charge on any atom is -0.497 e. The second-order valence-corrected chi connectivity index (χ2v) is 11.6. The molecule has 0 N–H and O–H groups in total. The maximum absolute atomic E-state index is 15.0. The molecule has 3 unspecified atom stereocenters. The maximum atomic E-state index is 15.0. The molecule has 7 heteroatoms. The first-order chi connectivity index (χ1) is 22.0. The standard InChI is InChI=1S/C38H28N2O5/c1-44-25-17-18-29(45-2)28(21-25)31-34(35(41)24-9-4-3-5-10-24)40-30(38(31)36(42)26-12-6-7-13-27(26)37(38)43)19-16-23-15-14-22-11-8-20-39-32(22)33(23)40/h3-21,30-31,34H,1-2H3. The molecule has 1 aromatic heterocycles. The number of nitrogens with zero attached hydrogens (tertiary/aromatic N) is 2. The molecule has 4 aromatic carbocycles. The van der Waals surface area contributed by atoms with E-state index in [9.17, 15) is 0 Å². The summed E-state index contributed by atoms with van der Waals surface area (Å²) < 4.78 is 11.5. The van der Waals surface area contributed by atoms with Crippen LogP contribution in [0.5, 0.6) is 11.5 Å². The van der Waals surface area contributed by atoms with E-state index in [1.807, 2.05) is 59.5 Å². The summed E-state index contributed by atoms with van der Waals surface area (Å²) in [7, 11) is 3.11. The summed E-state index contributed by atoms with van der Waals surface area (Å²) in [5.74, 6) is -0.784. The van der Waals surface area contributed by atoms with Gasteiger partial charge in [0.15, 0.2) is 17.3 Å². The molecular weight excluding hydrogens is 564 g/mol. The lowest BCUT2D eigenvalue weighted by atomic mass is 9.64. The van der Waals surface area contributed by atoms with Crippen molar-refractivity contribution in [1.82, 2.24) is 4.98 Å². The fourth-order valence-corrected chi connectivity index (χ4v) is 7.78. The van der Waals surface area contributed by atoms with Gasteiger partial charge >= 0.3 is 0 Å². The number of carbonyl (C=O) groups excluding carboxylic acids is 3. The number of hydrogen-bond donors (Lipinski definition) is 0. The molecular formula is C38H28N2O5. The van der Waals surface area contributed by atoms with Crippen LogP contribution in [0.1, 0.15) is 48.1 Å². The minimum atomic E-state index is -1.68. The largest absolute Gasteiger partial charge is 0.497 e. The van der Waals surface area contributed by atoms with Crippen LogP contribution >= 0.6 is 0 Å². The van der Waals surface area contributed by atoms with Gasteiger partial charge in [0.05, 0.1) is 31.5 Å². The normalized spacial score (nSPS) is 20.7. The molecule has 220 valence electrons. The Morgan fingerprint density at radius 1 is 0.822 bits per heavy atom. The number of pyridine rings is 1. The molecule has 1 saturated heterocycles. The predicted molar refractivity (Wildman–Crippen MR) is 171 cm³/mol. The van der Waals surface area contributed by atoms with Crippen molar-refractivity contribution in [3.63, 3.8) is 0 Å². The van der Waals surface area contributed by atoms with Gasteiger partial charge in [0.25, 0.3) is 0 Å². The molecule has 45 heavy (non-hydrogen) atoms. The number of ether oxygens (including phenoxy) is 2. The molecule has 5 aromatic rings. The van der Waals surface area contributed by atoms with E-state index in [1.165, 1.54) is 0 Å². The van der Waals surface area contributed by atoms with Gasteiger partial charge in [0, 0.05) is 39.8 Å². The van der Waals surface area contributed by atoms with Crippen molar-refractivity contribution in [2.24, 2.45) is 5.41 Å². The number of aromatic nitrogens is 1. The molecule has 2 aliphatic heterocycles. The fraction of sp³-hybridized carbons (Fsp3) is 0.158. The second-order valence-electron chi connectivity index (χ2n) is 11.6. The lowest BCUT2D eigenvalue weighted by molar-refractivity contribution is 0.0664. The molecule has 8 rings (SSSR count). The van der Waals surface area contributed by atoms with Crippen molar-refractivity contribution < 1.29 is 23.9 Å². The smallest absolute Gasteiger partial charge is 0.185 e. The molecule has 1 spiro atoms. The van der Waals surface area contributed by atoms with E-state index in [4.69, 9.17) is 14.5 Å². The molecule has 0 amide bonds. The summed E-state index contributed by atoms with van der Waals surface area (Å²) in [6, 6.07) is 27.4. The third kappa shape index (κ3) is 3.58. The van der Waals surface area contributed by atoms with Gasteiger partial charge in [-0.25, -0.2) is 0 Å². The molecule has 1 fully saturated rings. The maximum Gasteiger partial charge on any atom is 0.185 e. The Labute approximate surface area is 259 Å². The topological polar surface area (TPSA) is 85.8 Å². The third-order valence-corrected chi connectivity index (χ3v) is 9.63. The number of rotatable bonds is 5. The lowest BCUT2D eigenvalue weighted by Crippen LogP contribution is -2.48. The van der Waals surface area contributed by atoms with Gasteiger partial charge < -0.3 is 14.4 Å². The van der Waals surface area contributed by atoms with Crippen LogP contribution in [0.4, 0.5) is 5.69 Å². The van der Waals surface area contributed by atoms with E-state index >= 15 is 14.4 Å². The molecule has 0 radical (unpaired) electrons. The summed E-state index contributed by atoms with van der Waals surface area (Å²) in [5.41, 5.74) is 2.34. The van der Waals surface area contributed by atoms with Crippen LogP contribution in [0.3, 0.4) is 0 Å². The number of hydrogen-bond acceptors (Lipinski definition) is 7. The van der Waals surface area contributed by atoms with Gasteiger partial charge in [-0.1, -0.05) is 84.9 Å². The number of benzene rings is 4. The van der Waals surface area contributed by atoms with E-state index in [0.29, 0.717) is 39.3 Å². The van der Waals surface area contributed by atoms with Gasteiger partial charge in [0.1, 0.15) is 23.0 Å². The van der Waals surface area contributed by atoms with Gasteiger partial charge in [-0.2, -0.15) is 0 Å². The molecule has 7 nitrogen and oxygen atoms in total. The summed E-state index contributed by atoms with van der Waals surface area (Å²) in [6.07, 6.45) is 5.59. The molecule has 3 atom stereocenters. The Morgan fingerprint density at radius 3 is 2.27 bits per heavy atom. The minimum absolute atomic E-state index is 0.210. The summed E-state index contributed by atoms with van der Waals surface area (Å²) in [6.45, 7) is 0. The summed E-state index contributed by atoms with van der Waals surface area (Å²) in [5, 5.41) is 0.889. The zero-order chi connectivity index (χ0) is 30.9. The first kappa shape index (κ1) is 27.0.